The van der Waals surface area contributed by atoms with Gasteiger partial charge in [0.1, 0.15) is 0 Å². The number of hydrogen-bond donors (Lipinski definition) is 0. The van der Waals surface area contributed by atoms with Crippen molar-refractivity contribution in [2.75, 3.05) is 0 Å². The largest absolute Gasteiger partial charge is 0.393 e. The number of hydrogen-bond acceptors (Lipinski definition) is 36. The van der Waals surface area contributed by atoms with Crippen molar-refractivity contribution in [2.24, 2.45) is 296 Å². The van der Waals surface area contributed by atoms with E-state index in [1.54, 1.807) is 12.2 Å². The zero-order chi connectivity index (χ0) is 90.1. The molecule has 38 rings (SSSR count). The number of cyclic esters (lactones) is 24. The van der Waals surface area contributed by atoms with Crippen molar-refractivity contribution in [3.63, 3.8) is 0 Å². The molecule has 0 spiro atoms. The molecule has 0 radical (unpaired) electrons. The lowest BCUT2D eigenvalue weighted by molar-refractivity contribution is -0.216. The molecule has 686 valence electrons. The van der Waals surface area contributed by atoms with Crippen LogP contribution in [-0.2, 0) is 172 Å². The molecule has 46 atom stereocenters. The molecule has 0 aromatic carbocycles. The van der Waals surface area contributed by atoms with Crippen molar-refractivity contribution in [3.8, 4) is 0 Å². The van der Waals surface area contributed by atoms with Gasteiger partial charge in [-0.15, -0.1) is 0 Å². The van der Waals surface area contributed by atoms with Gasteiger partial charge < -0.3 is 56.8 Å². The van der Waals surface area contributed by atoms with Crippen molar-refractivity contribution >= 4 is 143 Å². The van der Waals surface area contributed by atoms with Crippen LogP contribution in [0.3, 0.4) is 0 Å². The van der Waals surface area contributed by atoms with Gasteiger partial charge in [-0.2, -0.15) is 0 Å². The van der Waals surface area contributed by atoms with Crippen LogP contribution in [0.25, 0.3) is 0 Å². The van der Waals surface area contributed by atoms with E-state index in [-0.39, 0.29) is 274 Å². The first-order valence-electron chi connectivity index (χ1n) is 47.6. The van der Waals surface area contributed by atoms with Crippen molar-refractivity contribution in [1.82, 2.24) is 0 Å². The lowest BCUT2D eigenvalue weighted by Crippen LogP contribution is -2.65. The fourth-order valence-electron chi connectivity index (χ4n) is 38.5. The van der Waals surface area contributed by atoms with Crippen LogP contribution in [0.15, 0.2) is 12.2 Å². The molecule has 0 N–H and O–H groups in total. The highest BCUT2D eigenvalue weighted by Gasteiger charge is 2.80. The Kier molecular flexibility index (Phi) is 17.4. The summed E-state index contributed by atoms with van der Waals surface area (Å²) < 4.78 is 58.0. The van der Waals surface area contributed by atoms with Gasteiger partial charge >= 0.3 is 143 Å². The van der Waals surface area contributed by atoms with Crippen LogP contribution < -0.4 is 0 Å². The van der Waals surface area contributed by atoms with E-state index in [9.17, 15) is 115 Å². The third kappa shape index (κ3) is 10.7. The van der Waals surface area contributed by atoms with Gasteiger partial charge in [0.2, 0.25) is 0 Å². The molecule has 38 aliphatic rings. The fraction of sp³-hybridized carbons (Fsp3) is 0.726. The molecule has 46 unspecified atom stereocenters. The molecular weight excluding hydrogens is 1720 g/mol. The number of carbonyl (C=O) groups is 24. The summed E-state index contributed by atoms with van der Waals surface area (Å²) in [6.45, 7) is 0. The maximum atomic E-state index is 12.5. The number of fused-ring (bicyclic) bond motifs is 19. The highest BCUT2D eigenvalue weighted by Crippen LogP contribution is 2.77. The molecule has 12 heterocycles. The Morgan fingerprint density at radius 1 is 0.145 bits per heavy atom. The number of allylic oxidation sites excluding steroid dienone is 2. The average Bonchev–Trinajstić information content (AvgIpc) is 1.63. The number of ether oxygens (including phenoxy) is 12. The predicted molar refractivity (Wildman–Crippen MR) is 405 cm³/mol. The zero-order valence-electron chi connectivity index (χ0n) is 70.2. The summed E-state index contributed by atoms with van der Waals surface area (Å²) in [7, 11) is 0. The first-order chi connectivity index (χ1) is 62.9. The number of esters is 24. The maximum Gasteiger partial charge on any atom is 0.318 e. The molecule has 24 saturated carbocycles. The van der Waals surface area contributed by atoms with Gasteiger partial charge in [0.25, 0.3) is 0 Å². The van der Waals surface area contributed by atoms with E-state index in [0.29, 0.717) is 72.5 Å². The maximum absolute atomic E-state index is 12.5. The summed E-state index contributed by atoms with van der Waals surface area (Å²) in [5.41, 5.74) is 0. The van der Waals surface area contributed by atoms with Crippen LogP contribution in [0.2, 0.25) is 0 Å². The summed E-state index contributed by atoms with van der Waals surface area (Å²) in [6.07, 6.45) is 18.1. The third-order valence-corrected chi connectivity index (χ3v) is 41.2. The van der Waals surface area contributed by atoms with Crippen molar-refractivity contribution in [2.45, 2.75) is 122 Å². The number of rotatable bonds is 0. The Morgan fingerprint density at radius 3 is 0.649 bits per heavy atom. The van der Waals surface area contributed by atoms with Gasteiger partial charge in [0.05, 0.1) is 125 Å². The van der Waals surface area contributed by atoms with Gasteiger partial charge in [0.15, 0.2) is 0 Å². The van der Waals surface area contributed by atoms with Gasteiger partial charge in [-0.25, -0.2) is 0 Å². The van der Waals surface area contributed by atoms with E-state index in [1.807, 2.05) is 0 Å². The Balaban J connectivity index is 0.0000000831. The minimum absolute atomic E-state index is 0.0138. The summed E-state index contributed by atoms with van der Waals surface area (Å²) in [6, 6.07) is 0. The molecule has 0 aromatic rings. The lowest BCUT2D eigenvalue weighted by atomic mass is 9.37. The monoisotopic (exact) mass is 1810 g/mol. The molecule has 12 aliphatic heterocycles. The number of carbonyl (C=O) groups excluding carboxylic acids is 24. The molecule has 0 aromatic heterocycles. The summed E-state index contributed by atoms with van der Waals surface area (Å²) in [5.74, 6) is -13.8. The SMILES string of the molecule is O=C1CC2C(CC3C(=O)OC(=O)C32)C(=O)O1.O=C1CC2C3CC(C2C(=O)O1)C1C2CCC(C4C(=O)OC(=O)C24)C31.O=C1CC2C3CCC(C2C(=O)O1)C1C2CC(C4C(=O)OC(=O)C24)C31.O=C1CC2C3CCC(C2C(=O)O1)C1C2CCC(C4C(=O)OC(=O)C24)C31.O=C1OC(=O)C2C3C=CC(C12)C1C(=O)OC(=O)C31.O=C1OC(=O)C2C3CCC(C12)C1C2CCC(C4C(=O)OC(=O)C24)C31. The van der Waals surface area contributed by atoms with Crippen LogP contribution in [0.1, 0.15) is 122 Å². The van der Waals surface area contributed by atoms with Gasteiger partial charge in [-0.1, -0.05) is 12.2 Å². The van der Waals surface area contributed by atoms with Gasteiger partial charge in [0, 0.05) is 31.1 Å². The fourth-order valence-corrected chi connectivity index (χ4v) is 38.5. The second-order valence-corrected chi connectivity index (χ2v) is 44.2. The highest BCUT2D eigenvalue weighted by atomic mass is 16.6. The highest BCUT2D eigenvalue weighted by molar-refractivity contribution is 6.06. The first kappa shape index (κ1) is 81.2. The average molecular weight is 1810 g/mol. The van der Waals surface area contributed by atoms with Crippen LogP contribution in [0.5, 0.6) is 0 Å². The first-order valence-corrected chi connectivity index (χ1v) is 47.6. The molecule has 36 nitrogen and oxygen atoms in total. The van der Waals surface area contributed by atoms with E-state index in [4.69, 9.17) is 37.9 Å². The molecule has 36 heteroatoms. The Hall–Kier alpha value is -10.6. The smallest absolute Gasteiger partial charge is 0.318 e. The summed E-state index contributed by atoms with van der Waals surface area (Å²) in [5, 5.41) is 0. The van der Waals surface area contributed by atoms with Gasteiger partial charge in [-0.05, 0) is 262 Å². The second kappa shape index (κ2) is 28.0. The molecule has 131 heavy (non-hydrogen) atoms. The zero-order valence-corrected chi connectivity index (χ0v) is 70.2. The minimum Gasteiger partial charge on any atom is -0.393 e. The molecule has 0 amide bonds. The predicted octanol–water partition coefficient (Wildman–Crippen LogP) is 2.96. The molecule has 26 aliphatic carbocycles. The molecule has 18 bridgehead atoms. The van der Waals surface area contributed by atoms with E-state index in [1.165, 1.54) is 0 Å². The Labute approximate surface area is 741 Å². The van der Waals surface area contributed by atoms with Crippen LogP contribution >= 0.6 is 0 Å². The quantitative estimate of drug-likeness (QED) is 0.146. The normalized spacial score (nSPS) is 53.4. The molecule has 36 fully saturated rings. The van der Waals surface area contributed by atoms with E-state index in [0.717, 1.165) is 89.9 Å². The molecular formula is C95H90O36. The summed E-state index contributed by atoms with van der Waals surface area (Å²) in [4.78, 5) is 287. The third-order valence-electron chi connectivity index (χ3n) is 41.2. The van der Waals surface area contributed by atoms with Crippen molar-refractivity contribution < 1.29 is 172 Å². The standard InChI is InChI=1S/C19H20O6.3C18H18O6.C12H8O6.C10H8O6/c20-11-5-10-6-1-2-7(14(10)17(21)24-11)13-9-4-3-8(12(6)13)15-16(9)19(23)25-18(15)22;19-10-4-7-5-1-2-6(13(7)16(20)23-10)12-9-3-8(11(5)12)14-15(9)18(22)24-17(14)21;19-10-4-8-7-3-9(13(8)16(20)23-10)12-6-2-1-5(11(7)12)14-15(6)18(22)24-17(14)21;19-15-11-5-1-2-6(12(11)16(20)23-15)10-8-4-3-7(9(5)10)13-14(8)18(22)24-17(13)21;13-9-5-3-1-2-4(7(5)11(15)17-9)8-6(3)10(14)18-12(8)16;11-6-2-3-4(8(12)15-6)1-5-7(3)10(14)16-9(5)13/h6-10,12-16H,1-5H2;2*5-9,11-15H,1-4H2;5-14H,1-4H2;1-8H;3-5,7H,1-2H2. The Bertz CT molecular complexity index is 5320. The van der Waals surface area contributed by atoms with E-state index >= 15 is 0 Å². The van der Waals surface area contributed by atoms with Crippen LogP contribution in [0, 0.1) is 296 Å². The Morgan fingerprint density at radius 2 is 0.328 bits per heavy atom. The molecule has 12 saturated heterocycles. The van der Waals surface area contributed by atoms with Crippen molar-refractivity contribution in [3.05, 3.63) is 12.2 Å². The minimum atomic E-state index is -0.632. The van der Waals surface area contributed by atoms with Crippen LogP contribution in [-0.4, -0.2) is 143 Å². The van der Waals surface area contributed by atoms with Gasteiger partial charge in [-0.3, -0.25) is 115 Å². The topological polar surface area (TPSA) is 520 Å². The van der Waals surface area contributed by atoms with Crippen LogP contribution in [0.4, 0.5) is 0 Å². The summed E-state index contributed by atoms with van der Waals surface area (Å²) >= 11 is 0. The second-order valence-electron chi connectivity index (χ2n) is 44.2. The van der Waals surface area contributed by atoms with Crippen molar-refractivity contribution in [1.29, 1.82) is 0 Å². The lowest BCUT2D eigenvalue weighted by Gasteiger charge is -2.66. The van der Waals surface area contributed by atoms with E-state index < -0.39 is 125 Å². The van der Waals surface area contributed by atoms with E-state index in [2.05, 4.69) is 18.9 Å².